The first kappa shape index (κ1) is 17.5. The van der Waals surface area contributed by atoms with E-state index >= 15 is 0 Å². The topological polar surface area (TPSA) is 18.5 Å². The highest BCUT2D eigenvalue weighted by Crippen LogP contribution is 2.33. The minimum Gasteiger partial charge on any atom is -0.496 e. The van der Waals surface area contributed by atoms with E-state index in [1.165, 1.54) is 12.1 Å². The third-order valence-electron chi connectivity index (χ3n) is 4.10. The Morgan fingerprint density at radius 2 is 1.64 bits per heavy atom. The van der Waals surface area contributed by atoms with Gasteiger partial charge in [0.05, 0.1) is 14.2 Å². The van der Waals surface area contributed by atoms with E-state index in [9.17, 15) is 4.39 Å². The fourth-order valence-electron chi connectivity index (χ4n) is 2.83. The van der Waals surface area contributed by atoms with E-state index in [0.29, 0.717) is 0 Å². The Labute approximate surface area is 155 Å². The molecule has 0 N–H and O–H groups in total. The summed E-state index contributed by atoms with van der Waals surface area (Å²) in [5, 5.41) is 2.04. The summed E-state index contributed by atoms with van der Waals surface area (Å²) < 4.78 is 25.5. The van der Waals surface area contributed by atoms with Crippen molar-refractivity contribution >= 4 is 38.9 Å². The van der Waals surface area contributed by atoms with Crippen molar-refractivity contribution in [3.8, 4) is 11.5 Å². The molecule has 2 nitrogen and oxygen atoms in total. The van der Waals surface area contributed by atoms with Crippen molar-refractivity contribution in [2.75, 3.05) is 14.2 Å². The van der Waals surface area contributed by atoms with E-state index in [4.69, 9.17) is 9.47 Å². The molecule has 0 radical (unpaired) electrons. The van der Waals surface area contributed by atoms with Crippen LogP contribution < -0.4 is 9.47 Å². The third-order valence-corrected chi connectivity index (χ3v) is 5.18. The number of fused-ring (bicyclic) bond motifs is 1. The lowest BCUT2D eigenvalue weighted by molar-refractivity contribution is 0.413. The van der Waals surface area contributed by atoms with E-state index in [1.807, 2.05) is 49.4 Å². The van der Waals surface area contributed by atoms with Gasteiger partial charge in [0.15, 0.2) is 0 Å². The molecule has 0 unspecified atom stereocenters. The summed E-state index contributed by atoms with van der Waals surface area (Å²) in [6.07, 6.45) is 3.79. The third kappa shape index (κ3) is 3.54. The summed E-state index contributed by atoms with van der Waals surface area (Å²) >= 11 is 3.52. The molecule has 0 aliphatic heterocycles. The molecule has 0 bridgehead atoms. The summed E-state index contributed by atoms with van der Waals surface area (Å²) in [4.78, 5) is 0. The summed E-state index contributed by atoms with van der Waals surface area (Å²) in [6.45, 7) is 1.87. The monoisotopic (exact) mass is 400 g/mol. The molecule has 3 rings (SSSR count). The quantitative estimate of drug-likeness (QED) is 0.482. The Kier molecular flexibility index (Phi) is 5.09. The molecule has 3 aromatic carbocycles. The standard InChI is InChI=1S/C21H18BrFO2/c1-13-9-17(23)10-16(21(13)22)8-7-15-11-18-14(12-20(15)25-3)5-4-6-19(18)24-2/h4-12H,1-3H3/b8-7-. The Balaban J connectivity index is 2.12. The van der Waals surface area contributed by atoms with Crippen LogP contribution in [0.4, 0.5) is 4.39 Å². The number of aryl methyl sites for hydroxylation is 1. The SMILES string of the molecule is COc1cc2cccc(OC)c2cc1/C=C\c1cc(F)cc(C)c1Br. The average Bonchev–Trinajstić information content (AvgIpc) is 2.62. The van der Waals surface area contributed by atoms with Gasteiger partial charge in [-0.1, -0.05) is 24.3 Å². The Morgan fingerprint density at radius 3 is 2.36 bits per heavy atom. The second kappa shape index (κ2) is 7.28. The molecule has 25 heavy (non-hydrogen) atoms. The van der Waals surface area contributed by atoms with Crippen LogP contribution in [-0.2, 0) is 0 Å². The van der Waals surface area contributed by atoms with Gasteiger partial charge in [0.2, 0.25) is 0 Å². The zero-order valence-corrected chi connectivity index (χ0v) is 15.9. The van der Waals surface area contributed by atoms with E-state index in [2.05, 4.69) is 15.9 Å². The van der Waals surface area contributed by atoms with Crippen LogP contribution in [0.2, 0.25) is 0 Å². The number of methoxy groups -OCH3 is 2. The number of halogens is 2. The first-order valence-corrected chi connectivity index (χ1v) is 8.61. The molecule has 0 amide bonds. The highest BCUT2D eigenvalue weighted by molar-refractivity contribution is 9.10. The predicted octanol–water partition coefficient (Wildman–Crippen LogP) is 6.24. The van der Waals surface area contributed by atoms with E-state index in [-0.39, 0.29) is 5.82 Å². The summed E-state index contributed by atoms with van der Waals surface area (Å²) in [5.41, 5.74) is 2.53. The maximum atomic E-state index is 13.7. The van der Waals surface area contributed by atoms with Crippen LogP contribution in [0.15, 0.2) is 46.9 Å². The van der Waals surface area contributed by atoms with Gasteiger partial charge < -0.3 is 9.47 Å². The van der Waals surface area contributed by atoms with Gasteiger partial charge in [-0.15, -0.1) is 0 Å². The van der Waals surface area contributed by atoms with Gasteiger partial charge in [-0.3, -0.25) is 0 Å². The van der Waals surface area contributed by atoms with Crippen molar-refractivity contribution in [3.63, 3.8) is 0 Å². The highest BCUT2D eigenvalue weighted by atomic mass is 79.9. The van der Waals surface area contributed by atoms with Crippen LogP contribution in [0.5, 0.6) is 11.5 Å². The van der Waals surface area contributed by atoms with Crippen LogP contribution in [0.25, 0.3) is 22.9 Å². The van der Waals surface area contributed by atoms with Gasteiger partial charge in [-0.25, -0.2) is 4.39 Å². The van der Waals surface area contributed by atoms with Crippen LogP contribution in [0.3, 0.4) is 0 Å². The zero-order valence-electron chi connectivity index (χ0n) is 14.3. The maximum Gasteiger partial charge on any atom is 0.126 e. The molecular weight excluding hydrogens is 383 g/mol. The van der Waals surface area contributed by atoms with Crippen molar-refractivity contribution in [2.24, 2.45) is 0 Å². The first-order chi connectivity index (χ1) is 12.0. The molecule has 3 aromatic rings. The smallest absolute Gasteiger partial charge is 0.126 e. The normalized spacial score (nSPS) is 11.2. The largest absolute Gasteiger partial charge is 0.496 e. The van der Waals surface area contributed by atoms with Crippen molar-refractivity contribution in [2.45, 2.75) is 6.92 Å². The lowest BCUT2D eigenvalue weighted by atomic mass is 10.0. The fraction of sp³-hybridized carbons (Fsp3) is 0.143. The van der Waals surface area contributed by atoms with Crippen molar-refractivity contribution in [3.05, 3.63) is 69.4 Å². The number of ether oxygens (including phenoxy) is 2. The molecular formula is C21H18BrFO2. The summed E-state index contributed by atoms with van der Waals surface area (Å²) in [6, 6.07) is 12.9. The lowest BCUT2D eigenvalue weighted by Gasteiger charge is -2.10. The van der Waals surface area contributed by atoms with Crippen molar-refractivity contribution < 1.29 is 13.9 Å². The number of hydrogen-bond acceptors (Lipinski definition) is 2. The van der Waals surface area contributed by atoms with Crippen molar-refractivity contribution in [1.82, 2.24) is 0 Å². The molecule has 0 aliphatic carbocycles. The Hall–Kier alpha value is -2.33. The number of hydrogen-bond donors (Lipinski definition) is 0. The molecule has 0 atom stereocenters. The zero-order chi connectivity index (χ0) is 18.0. The first-order valence-electron chi connectivity index (χ1n) is 7.82. The van der Waals surface area contributed by atoms with Gasteiger partial charge >= 0.3 is 0 Å². The van der Waals surface area contributed by atoms with Crippen LogP contribution in [0.1, 0.15) is 16.7 Å². The van der Waals surface area contributed by atoms with Crippen LogP contribution in [-0.4, -0.2) is 14.2 Å². The van der Waals surface area contributed by atoms with Crippen LogP contribution >= 0.6 is 15.9 Å². The number of benzene rings is 3. The minimum absolute atomic E-state index is 0.257. The average molecular weight is 401 g/mol. The second-order valence-corrected chi connectivity index (χ2v) is 6.53. The molecule has 0 aromatic heterocycles. The molecule has 0 heterocycles. The number of rotatable bonds is 4. The molecule has 0 saturated heterocycles. The van der Waals surface area contributed by atoms with Gasteiger partial charge in [-0.05, 0) is 69.7 Å². The molecule has 0 spiro atoms. The van der Waals surface area contributed by atoms with Crippen molar-refractivity contribution in [1.29, 1.82) is 0 Å². The fourth-order valence-corrected chi connectivity index (χ4v) is 3.19. The van der Waals surface area contributed by atoms with Gasteiger partial charge in [-0.2, -0.15) is 0 Å². The molecule has 128 valence electrons. The van der Waals surface area contributed by atoms with E-state index in [1.54, 1.807) is 14.2 Å². The molecule has 0 saturated carbocycles. The second-order valence-electron chi connectivity index (χ2n) is 5.73. The van der Waals surface area contributed by atoms with E-state index in [0.717, 1.165) is 43.4 Å². The van der Waals surface area contributed by atoms with E-state index < -0.39 is 0 Å². The van der Waals surface area contributed by atoms with Gasteiger partial charge in [0, 0.05) is 15.4 Å². The maximum absolute atomic E-state index is 13.7. The van der Waals surface area contributed by atoms with Gasteiger partial charge in [0.1, 0.15) is 17.3 Å². The molecule has 4 heteroatoms. The predicted molar refractivity (Wildman–Crippen MR) is 105 cm³/mol. The van der Waals surface area contributed by atoms with Crippen LogP contribution in [0, 0.1) is 12.7 Å². The van der Waals surface area contributed by atoms with Gasteiger partial charge in [0.25, 0.3) is 0 Å². The molecule has 0 fully saturated rings. The Morgan fingerprint density at radius 1 is 0.920 bits per heavy atom. The minimum atomic E-state index is -0.257. The highest BCUT2D eigenvalue weighted by Gasteiger charge is 2.08. The lowest BCUT2D eigenvalue weighted by Crippen LogP contribution is -1.90. The summed E-state index contributed by atoms with van der Waals surface area (Å²) in [7, 11) is 3.29. The Bertz CT molecular complexity index is 964. The summed E-state index contributed by atoms with van der Waals surface area (Å²) in [5.74, 6) is 1.30. The molecule has 0 aliphatic rings.